The zero-order chi connectivity index (χ0) is 27.0. The molecule has 0 aliphatic carbocycles. The van der Waals surface area contributed by atoms with E-state index in [2.05, 4.69) is 13.8 Å². The topological polar surface area (TPSA) is 69.0 Å². The molecule has 0 spiro atoms. The minimum Gasteiger partial charge on any atom is -0.493 e. The first kappa shape index (κ1) is 25.6. The van der Waals surface area contributed by atoms with Crippen molar-refractivity contribution in [1.82, 2.24) is 4.90 Å². The summed E-state index contributed by atoms with van der Waals surface area (Å²) in [6, 6.07) is 18.4. The zero-order valence-corrected chi connectivity index (χ0v) is 22.5. The number of fused-ring (bicyclic) bond motifs is 2. The molecule has 1 aromatic heterocycles. The molecule has 0 saturated carbocycles. The molecule has 1 unspecified atom stereocenters. The van der Waals surface area contributed by atoms with Gasteiger partial charge >= 0.3 is 0 Å². The molecule has 0 fully saturated rings. The summed E-state index contributed by atoms with van der Waals surface area (Å²) in [6.07, 6.45) is 0.924. The quantitative estimate of drug-likeness (QED) is 0.267. The summed E-state index contributed by atoms with van der Waals surface area (Å²) in [5, 5.41) is 0.479. The molecule has 0 N–H and O–H groups in total. The number of carbonyl (C=O) groups is 1. The number of methoxy groups -OCH3 is 1. The van der Waals surface area contributed by atoms with Crippen LogP contribution in [0.1, 0.15) is 64.7 Å². The molecule has 1 aliphatic heterocycles. The first-order valence-corrected chi connectivity index (χ1v) is 13.0. The van der Waals surface area contributed by atoms with Crippen molar-refractivity contribution < 1.29 is 18.7 Å². The highest BCUT2D eigenvalue weighted by Crippen LogP contribution is 2.42. The number of aryl methyl sites for hydroxylation is 2. The van der Waals surface area contributed by atoms with Crippen LogP contribution in [0.15, 0.2) is 69.9 Å². The molecular formula is C32H33NO5. The van der Waals surface area contributed by atoms with Crippen molar-refractivity contribution in [3.8, 4) is 11.5 Å². The van der Waals surface area contributed by atoms with E-state index >= 15 is 0 Å². The lowest BCUT2D eigenvalue weighted by molar-refractivity contribution is 0.0714. The third-order valence-corrected chi connectivity index (χ3v) is 7.23. The second-order valence-electron chi connectivity index (χ2n) is 10.4. The monoisotopic (exact) mass is 511 g/mol. The molecule has 2 heterocycles. The van der Waals surface area contributed by atoms with E-state index in [1.807, 2.05) is 74.5 Å². The van der Waals surface area contributed by atoms with Gasteiger partial charge in [-0.1, -0.05) is 50.2 Å². The van der Waals surface area contributed by atoms with Gasteiger partial charge in [0.25, 0.3) is 5.91 Å². The van der Waals surface area contributed by atoms with Crippen molar-refractivity contribution in [3.63, 3.8) is 0 Å². The van der Waals surface area contributed by atoms with Gasteiger partial charge in [-0.05, 0) is 72.7 Å². The molecule has 1 atom stereocenters. The van der Waals surface area contributed by atoms with Crippen LogP contribution < -0.4 is 14.9 Å². The number of carbonyl (C=O) groups excluding carboxylic acids is 1. The molecule has 0 saturated heterocycles. The first-order valence-electron chi connectivity index (χ1n) is 13.0. The Morgan fingerprint density at radius 3 is 2.39 bits per heavy atom. The maximum absolute atomic E-state index is 13.9. The van der Waals surface area contributed by atoms with Crippen molar-refractivity contribution in [3.05, 3.63) is 104 Å². The Morgan fingerprint density at radius 1 is 0.947 bits per heavy atom. The third kappa shape index (κ3) is 4.67. The molecule has 1 aliphatic rings. The molecule has 6 nitrogen and oxygen atoms in total. The van der Waals surface area contributed by atoms with Crippen LogP contribution in [0.5, 0.6) is 11.5 Å². The number of hydrogen-bond acceptors (Lipinski definition) is 5. The summed E-state index contributed by atoms with van der Waals surface area (Å²) in [5.74, 6) is 1.51. The van der Waals surface area contributed by atoms with Gasteiger partial charge in [0.15, 0.2) is 16.9 Å². The van der Waals surface area contributed by atoms with Gasteiger partial charge in [0.1, 0.15) is 5.58 Å². The van der Waals surface area contributed by atoms with Crippen molar-refractivity contribution in [2.45, 2.75) is 46.7 Å². The second kappa shape index (κ2) is 10.4. The predicted molar refractivity (Wildman–Crippen MR) is 148 cm³/mol. The summed E-state index contributed by atoms with van der Waals surface area (Å²) < 4.78 is 17.8. The van der Waals surface area contributed by atoms with Gasteiger partial charge in [0.05, 0.1) is 30.7 Å². The largest absolute Gasteiger partial charge is 0.493 e. The number of nitrogens with zero attached hydrogens (tertiary/aromatic N) is 1. The first-order chi connectivity index (χ1) is 18.3. The van der Waals surface area contributed by atoms with Crippen LogP contribution in [-0.2, 0) is 6.54 Å². The molecule has 4 aromatic rings. The highest BCUT2D eigenvalue weighted by Gasteiger charge is 2.43. The Bertz CT molecular complexity index is 1550. The van der Waals surface area contributed by atoms with Gasteiger partial charge in [-0.3, -0.25) is 9.59 Å². The predicted octanol–water partition coefficient (Wildman–Crippen LogP) is 6.59. The van der Waals surface area contributed by atoms with Crippen LogP contribution >= 0.6 is 0 Å². The third-order valence-electron chi connectivity index (χ3n) is 7.23. The molecule has 0 bridgehead atoms. The molecule has 5 rings (SSSR count). The van der Waals surface area contributed by atoms with Gasteiger partial charge in [0, 0.05) is 6.54 Å². The highest BCUT2D eigenvalue weighted by atomic mass is 16.5. The zero-order valence-electron chi connectivity index (χ0n) is 22.5. The lowest BCUT2D eigenvalue weighted by Gasteiger charge is -2.26. The summed E-state index contributed by atoms with van der Waals surface area (Å²) in [6.45, 7) is 9.14. The van der Waals surface area contributed by atoms with E-state index in [1.54, 1.807) is 12.0 Å². The molecule has 38 heavy (non-hydrogen) atoms. The van der Waals surface area contributed by atoms with Gasteiger partial charge < -0.3 is 18.8 Å². The fraction of sp³-hybridized carbons (Fsp3) is 0.312. The Morgan fingerprint density at radius 2 is 1.68 bits per heavy atom. The normalized spacial score (nSPS) is 14.8. The van der Waals surface area contributed by atoms with Crippen LogP contribution in [0, 0.1) is 19.8 Å². The fourth-order valence-electron chi connectivity index (χ4n) is 4.94. The van der Waals surface area contributed by atoms with E-state index < -0.39 is 6.04 Å². The number of rotatable bonds is 8. The van der Waals surface area contributed by atoms with E-state index in [1.165, 1.54) is 0 Å². The van der Waals surface area contributed by atoms with E-state index in [0.717, 1.165) is 28.7 Å². The average molecular weight is 512 g/mol. The van der Waals surface area contributed by atoms with E-state index in [4.69, 9.17) is 13.9 Å². The molecule has 6 heteroatoms. The Labute approximate surface area is 222 Å². The van der Waals surface area contributed by atoms with Crippen molar-refractivity contribution in [2.24, 2.45) is 5.92 Å². The Balaban J connectivity index is 1.65. The Hall–Kier alpha value is -4.06. The maximum Gasteiger partial charge on any atom is 0.291 e. The van der Waals surface area contributed by atoms with Gasteiger partial charge in [0.2, 0.25) is 5.76 Å². The second-order valence-corrected chi connectivity index (χ2v) is 10.4. The van der Waals surface area contributed by atoms with E-state index in [9.17, 15) is 9.59 Å². The maximum atomic E-state index is 13.9. The van der Waals surface area contributed by atoms with Crippen LogP contribution in [-0.4, -0.2) is 24.5 Å². The molecule has 196 valence electrons. The minimum absolute atomic E-state index is 0.0999. The number of hydrogen-bond donors (Lipinski definition) is 0. The van der Waals surface area contributed by atoms with Crippen LogP contribution in [0.4, 0.5) is 0 Å². The molecule has 3 aromatic carbocycles. The molecule has 1 amide bonds. The number of amides is 1. The highest BCUT2D eigenvalue weighted by molar-refractivity contribution is 5.99. The molecular weight excluding hydrogens is 478 g/mol. The lowest BCUT2D eigenvalue weighted by atomic mass is 9.97. The van der Waals surface area contributed by atoms with Gasteiger partial charge in [-0.2, -0.15) is 0 Å². The van der Waals surface area contributed by atoms with Crippen LogP contribution in [0.2, 0.25) is 0 Å². The van der Waals surface area contributed by atoms with Crippen molar-refractivity contribution >= 4 is 16.9 Å². The fourth-order valence-corrected chi connectivity index (χ4v) is 4.94. The van der Waals surface area contributed by atoms with Crippen molar-refractivity contribution in [2.75, 3.05) is 13.7 Å². The molecule has 0 radical (unpaired) electrons. The minimum atomic E-state index is -0.626. The van der Waals surface area contributed by atoms with Crippen LogP contribution in [0.3, 0.4) is 0 Å². The lowest BCUT2D eigenvalue weighted by Crippen LogP contribution is -2.29. The van der Waals surface area contributed by atoms with Crippen molar-refractivity contribution in [1.29, 1.82) is 0 Å². The SMILES string of the molecule is COc1cc(C2c3c(oc4cc(C)c(C)cc4c3=O)C(=O)N2Cc2ccccc2)ccc1OCCC(C)C. The average Bonchev–Trinajstić information content (AvgIpc) is 3.17. The summed E-state index contributed by atoms with van der Waals surface area (Å²) >= 11 is 0. The Kier molecular flexibility index (Phi) is 6.98. The standard InChI is InChI=1S/C32H33NO5/c1-19(2)13-14-37-25-12-11-23(17-27(25)36-5)29-28-30(34)24-15-20(3)21(4)16-26(24)38-31(28)32(35)33(29)18-22-9-7-6-8-10-22/h6-12,15-17,19,29H,13-14,18H2,1-5H3. The number of benzene rings is 3. The van der Waals surface area contributed by atoms with Gasteiger partial charge in [-0.15, -0.1) is 0 Å². The number of ether oxygens (including phenoxy) is 2. The summed E-state index contributed by atoms with van der Waals surface area (Å²) in [5.41, 5.74) is 4.32. The summed E-state index contributed by atoms with van der Waals surface area (Å²) in [4.78, 5) is 29.4. The van der Waals surface area contributed by atoms with Crippen LogP contribution in [0.25, 0.3) is 11.0 Å². The summed E-state index contributed by atoms with van der Waals surface area (Å²) in [7, 11) is 1.59. The van der Waals surface area contributed by atoms with Gasteiger partial charge in [-0.25, -0.2) is 0 Å². The van der Waals surface area contributed by atoms with E-state index in [-0.39, 0.29) is 17.1 Å². The van der Waals surface area contributed by atoms with E-state index in [0.29, 0.717) is 47.1 Å². The smallest absolute Gasteiger partial charge is 0.291 e.